The van der Waals surface area contributed by atoms with Crippen LogP contribution >= 0.6 is 0 Å². The van der Waals surface area contributed by atoms with Crippen LogP contribution in [0.25, 0.3) is 0 Å². The lowest BCUT2D eigenvalue weighted by molar-refractivity contribution is -0.141. The third-order valence-electron chi connectivity index (χ3n) is 3.54. The van der Waals surface area contributed by atoms with Crippen molar-refractivity contribution in [2.24, 2.45) is 5.92 Å². The Morgan fingerprint density at radius 1 is 1.53 bits per heavy atom. The van der Waals surface area contributed by atoms with E-state index in [0.717, 1.165) is 32.3 Å². The van der Waals surface area contributed by atoms with E-state index >= 15 is 0 Å². The highest BCUT2D eigenvalue weighted by atomic mass is 16.5. The number of aliphatic carboxylic acids is 1. The van der Waals surface area contributed by atoms with Crippen LogP contribution < -0.4 is 0 Å². The van der Waals surface area contributed by atoms with Gasteiger partial charge in [-0.05, 0) is 25.7 Å². The molecule has 5 nitrogen and oxygen atoms in total. The number of nitrogens with zero attached hydrogens (tertiary/aromatic N) is 1. The van der Waals surface area contributed by atoms with E-state index in [9.17, 15) is 9.59 Å². The van der Waals surface area contributed by atoms with Gasteiger partial charge < -0.3 is 14.7 Å². The van der Waals surface area contributed by atoms with Gasteiger partial charge in [0, 0.05) is 26.1 Å². The third-order valence-corrected chi connectivity index (χ3v) is 3.54. The predicted molar refractivity (Wildman–Crippen MR) is 60.5 cm³/mol. The van der Waals surface area contributed by atoms with Crippen LogP contribution in [0.3, 0.4) is 0 Å². The van der Waals surface area contributed by atoms with Gasteiger partial charge in [0.25, 0.3) is 0 Å². The van der Waals surface area contributed by atoms with Crippen LogP contribution in [0.4, 0.5) is 0 Å². The van der Waals surface area contributed by atoms with E-state index in [-0.39, 0.29) is 12.3 Å². The van der Waals surface area contributed by atoms with E-state index < -0.39 is 11.9 Å². The van der Waals surface area contributed by atoms with Gasteiger partial charge in [0.15, 0.2) is 0 Å². The highest BCUT2D eigenvalue weighted by molar-refractivity contribution is 5.86. The number of hydrogen-bond acceptors (Lipinski definition) is 3. The van der Waals surface area contributed by atoms with Gasteiger partial charge in [-0.2, -0.15) is 0 Å². The molecule has 2 aliphatic rings. The average Bonchev–Trinajstić information content (AvgIpc) is 2.89. The van der Waals surface area contributed by atoms with Crippen LogP contribution in [-0.4, -0.2) is 47.7 Å². The molecule has 17 heavy (non-hydrogen) atoms. The molecule has 0 spiro atoms. The van der Waals surface area contributed by atoms with Crippen LogP contribution in [0.5, 0.6) is 0 Å². The number of rotatable bonds is 5. The summed E-state index contributed by atoms with van der Waals surface area (Å²) in [6.45, 7) is 1.90. The first-order chi connectivity index (χ1) is 8.16. The molecule has 1 amide bonds. The molecule has 0 radical (unpaired) electrons. The van der Waals surface area contributed by atoms with Crippen molar-refractivity contribution in [3.05, 3.63) is 0 Å². The van der Waals surface area contributed by atoms with Gasteiger partial charge in [-0.25, -0.2) is 0 Å². The second-order valence-corrected chi connectivity index (χ2v) is 4.86. The first-order valence-corrected chi connectivity index (χ1v) is 6.29. The van der Waals surface area contributed by atoms with Crippen molar-refractivity contribution in [1.29, 1.82) is 0 Å². The van der Waals surface area contributed by atoms with Crippen LogP contribution in [0, 0.1) is 5.92 Å². The number of likely N-dealkylation sites (tertiary alicyclic amines) is 1. The summed E-state index contributed by atoms with van der Waals surface area (Å²) in [6.07, 6.45) is 4.64. The fourth-order valence-electron chi connectivity index (χ4n) is 2.54. The van der Waals surface area contributed by atoms with Crippen molar-refractivity contribution in [2.75, 3.05) is 19.7 Å². The average molecular weight is 241 g/mol. The van der Waals surface area contributed by atoms with Gasteiger partial charge in [0.1, 0.15) is 0 Å². The van der Waals surface area contributed by atoms with Gasteiger partial charge in [0.2, 0.25) is 5.91 Å². The summed E-state index contributed by atoms with van der Waals surface area (Å²) in [6, 6.07) is 0. The number of ether oxygens (including phenoxy) is 1. The van der Waals surface area contributed by atoms with Gasteiger partial charge in [0.05, 0.1) is 12.0 Å². The molecular formula is C12H19NO4. The Morgan fingerprint density at radius 3 is 2.94 bits per heavy atom. The second kappa shape index (κ2) is 5.49. The molecule has 0 aromatic carbocycles. The molecular weight excluding hydrogens is 222 g/mol. The molecule has 2 unspecified atom stereocenters. The molecule has 2 saturated heterocycles. The highest BCUT2D eigenvalue weighted by Gasteiger charge is 2.33. The lowest BCUT2D eigenvalue weighted by Crippen LogP contribution is -2.28. The quantitative estimate of drug-likeness (QED) is 0.776. The number of carboxylic acid groups (broad SMARTS) is 1. The molecule has 2 fully saturated rings. The summed E-state index contributed by atoms with van der Waals surface area (Å²) in [5.41, 5.74) is 0. The Kier molecular flexibility index (Phi) is 3.99. The maximum atomic E-state index is 11.5. The summed E-state index contributed by atoms with van der Waals surface area (Å²) in [5.74, 6) is -1.39. The van der Waals surface area contributed by atoms with Crippen molar-refractivity contribution >= 4 is 11.9 Å². The van der Waals surface area contributed by atoms with Crippen molar-refractivity contribution in [3.63, 3.8) is 0 Å². The lowest BCUT2D eigenvalue weighted by atomic mass is 10.1. The SMILES string of the molecule is O=C(O)C1CC(=O)N(CCCC2CCCO2)C1. The molecule has 0 aliphatic carbocycles. The van der Waals surface area contributed by atoms with Crippen LogP contribution in [0.1, 0.15) is 32.1 Å². The Balaban J connectivity index is 1.68. The monoisotopic (exact) mass is 241 g/mol. The topological polar surface area (TPSA) is 66.8 Å². The van der Waals surface area contributed by atoms with Crippen LogP contribution in [0.15, 0.2) is 0 Å². The van der Waals surface area contributed by atoms with Gasteiger partial charge in [-0.3, -0.25) is 9.59 Å². The summed E-state index contributed by atoms with van der Waals surface area (Å²) in [4.78, 5) is 24.0. The molecule has 2 rings (SSSR count). The minimum absolute atomic E-state index is 0.0234. The Labute approximate surface area is 101 Å². The zero-order valence-corrected chi connectivity index (χ0v) is 9.93. The first kappa shape index (κ1) is 12.4. The van der Waals surface area contributed by atoms with Crippen molar-refractivity contribution in [2.45, 2.75) is 38.2 Å². The number of hydrogen-bond donors (Lipinski definition) is 1. The van der Waals surface area contributed by atoms with Crippen molar-refractivity contribution in [3.8, 4) is 0 Å². The summed E-state index contributed by atoms with van der Waals surface area (Å²) in [7, 11) is 0. The van der Waals surface area contributed by atoms with E-state index in [2.05, 4.69) is 0 Å². The number of carboxylic acids is 1. The summed E-state index contributed by atoms with van der Waals surface area (Å²) < 4.78 is 5.51. The maximum Gasteiger partial charge on any atom is 0.308 e. The number of carbonyl (C=O) groups is 2. The summed E-state index contributed by atoms with van der Waals surface area (Å²) in [5, 5.41) is 8.85. The smallest absolute Gasteiger partial charge is 0.308 e. The van der Waals surface area contributed by atoms with Gasteiger partial charge in [-0.15, -0.1) is 0 Å². The molecule has 2 heterocycles. The molecule has 5 heteroatoms. The van der Waals surface area contributed by atoms with E-state index in [1.165, 1.54) is 0 Å². The van der Waals surface area contributed by atoms with E-state index in [1.54, 1.807) is 4.90 Å². The molecule has 2 aliphatic heterocycles. The number of amides is 1. The molecule has 0 bridgehead atoms. The second-order valence-electron chi connectivity index (χ2n) is 4.86. The molecule has 96 valence electrons. The fraction of sp³-hybridized carbons (Fsp3) is 0.833. The van der Waals surface area contributed by atoms with E-state index in [4.69, 9.17) is 9.84 Å². The number of carbonyl (C=O) groups excluding carboxylic acids is 1. The zero-order valence-electron chi connectivity index (χ0n) is 9.93. The molecule has 1 N–H and O–H groups in total. The largest absolute Gasteiger partial charge is 0.481 e. The van der Waals surface area contributed by atoms with Crippen LogP contribution in [0.2, 0.25) is 0 Å². The third kappa shape index (κ3) is 3.19. The standard InChI is InChI=1S/C12H19NO4/c14-11-7-9(12(15)16)8-13(11)5-1-3-10-4-2-6-17-10/h9-10H,1-8H2,(H,15,16). The normalized spacial score (nSPS) is 28.9. The lowest BCUT2D eigenvalue weighted by Gasteiger charge is -2.17. The first-order valence-electron chi connectivity index (χ1n) is 6.29. The zero-order chi connectivity index (χ0) is 12.3. The molecule has 0 aromatic rings. The maximum absolute atomic E-state index is 11.5. The summed E-state index contributed by atoms with van der Waals surface area (Å²) >= 11 is 0. The molecule has 0 aromatic heterocycles. The molecule has 2 atom stereocenters. The highest BCUT2D eigenvalue weighted by Crippen LogP contribution is 2.20. The fourth-order valence-corrected chi connectivity index (χ4v) is 2.54. The minimum Gasteiger partial charge on any atom is -0.481 e. The van der Waals surface area contributed by atoms with E-state index in [0.29, 0.717) is 19.2 Å². The molecule has 0 saturated carbocycles. The van der Waals surface area contributed by atoms with E-state index in [1.807, 2.05) is 0 Å². The van der Waals surface area contributed by atoms with Gasteiger partial charge >= 0.3 is 5.97 Å². The predicted octanol–water partition coefficient (Wildman–Crippen LogP) is 0.879. The Morgan fingerprint density at radius 2 is 2.35 bits per heavy atom. The minimum atomic E-state index is -0.861. The Bertz CT molecular complexity index is 299. The Hall–Kier alpha value is -1.10. The van der Waals surface area contributed by atoms with Crippen LogP contribution in [-0.2, 0) is 14.3 Å². The van der Waals surface area contributed by atoms with Gasteiger partial charge in [-0.1, -0.05) is 0 Å². The van der Waals surface area contributed by atoms with Crippen molar-refractivity contribution < 1.29 is 19.4 Å². The van der Waals surface area contributed by atoms with Crippen molar-refractivity contribution in [1.82, 2.24) is 4.90 Å².